The quantitative estimate of drug-likeness (QED) is 0.806. The first-order valence-electron chi connectivity index (χ1n) is 7.36. The molecule has 4 nitrogen and oxygen atoms in total. The van der Waals surface area contributed by atoms with Crippen molar-refractivity contribution in [2.45, 2.75) is 38.0 Å². The van der Waals surface area contributed by atoms with E-state index in [1.807, 2.05) is 12.4 Å². The third kappa shape index (κ3) is 3.35. The van der Waals surface area contributed by atoms with E-state index in [4.69, 9.17) is 11.6 Å². The molecule has 0 radical (unpaired) electrons. The molecule has 1 aliphatic heterocycles. The molecule has 0 bridgehead atoms. The van der Waals surface area contributed by atoms with E-state index in [0.717, 1.165) is 44.0 Å². The van der Waals surface area contributed by atoms with Crippen molar-refractivity contribution in [3.05, 3.63) is 34.0 Å². The van der Waals surface area contributed by atoms with E-state index in [1.165, 1.54) is 10.6 Å². The summed E-state index contributed by atoms with van der Waals surface area (Å²) in [5.74, 6) is 1.91. The molecule has 0 spiro atoms. The van der Waals surface area contributed by atoms with Crippen molar-refractivity contribution in [1.29, 1.82) is 0 Å². The number of alkyl halides is 1. The van der Waals surface area contributed by atoms with Crippen LogP contribution in [0.1, 0.15) is 41.9 Å². The van der Waals surface area contributed by atoms with Gasteiger partial charge in [-0.15, -0.1) is 22.9 Å². The zero-order chi connectivity index (χ0) is 14.7. The fourth-order valence-corrected chi connectivity index (χ4v) is 3.81. The van der Waals surface area contributed by atoms with Gasteiger partial charge in [-0.05, 0) is 24.8 Å². The predicted octanol–water partition coefficient (Wildman–Crippen LogP) is 3.62. The van der Waals surface area contributed by atoms with Gasteiger partial charge in [0.1, 0.15) is 0 Å². The molecule has 21 heavy (non-hydrogen) atoms. The van der Waals surface area contributed by atoms with Crippen LogP contribution in [0.15, 0.2) is 17.8 Å². The van der Waals surface area contributed by atoms with Crippen molar-refractivity contribution in [3.8, 4) is 0 Å². The van der Waals surface area contributed by atoms with Crippen LogP contribution < -0.4 is 4.90 Å². The maximum Gasteiger partial charge on any atom is 0.225 e. The number of hydrogen-bond acceptors (Lipinski definition) is 5. The van der Waals surface area contributed by atoms with E-state index >= 15 is 0 Å². The number of aryl methyl sites for hydroxylation is 1. The first kappa shape index (κ1) is 14.7. The van der Waals surface area contributed by atoms with E-state index in [1.54, 1.807) is 11.3 Å². The van der Waals surface area contributed by atoms with Crippen LogP contribution in [0.3, 0.4) is 0 Å². The minimum Gasteiger partial charge on any atom is -0.341 e. The molecule has 3 rings (SSSR count). The molecular weight excluding hydrogens is 304 g/mol. The van der Waals surface area contributed by atoms with Crippen molar-refractivity contribution in [2.24, 2.45) is 0 Å². The highest BCUT2D eigenvalue weighted by Crippen LogP contribution is 2.31. The van der Waals surface area contributed by atoms with Gasteiger partial charge in [-0.1, -0.05) is 6.92 Å². The molecule has 2 aromatic heterocycles. The lowest BCUT2D eigenvalue weighted by atomic mass is 9.98. The summed E-state index contributed by atoms with van der Waals surface area (Å²) in [6, 6.07) is 0. The Bertz CT molecular complexity index is 576. The number of hydrogen-bond donors (Lipinski definition) is 0. The van der Waals surface area contributed by atoms with Gasteiger partial charge in [0.2, 0.25) is 5.95 Å². The van der Waals surface area contributed by atoms with Gasteiger partial charge >= 0.3 is 0 Å². The van der Waals surface area contributed by atoms with Gasteiger partial charge in [-0.3, -0.25) is 0 Å². The standard InChI is InChI=1S/C15H19ClN4S/c1-2-11-8-17-15(18-9-11)20-5-3-12(4-6-20)14-19-13(7-16)10-21-14/h8-10,12H,2-7H2,1H3. The Morgan fingerprint density at radius 2 is 2.00 bits per heavy atom. The van der Waals surface area contributed by atoms with Gasteiger partial charge < -0.3 is 4.90 Å². The van der Waals surface area contributed by atoms with Gasteiger partial charge in [-0.2, -0.15) is 0 Å². The summed E-state index contributed by atoms with van der Waals surface area (Å²) >= 11 is 7.56. The lowest BCUT2D eigenvalue weighted by Crippen LogP contribution is -2.34. The van der Waals surface area contributed by atoms with E-state index in [9.17, 15) is 0 Å². The van der Waals surface area contributed by atoms with Crippen LogP contribution in [0.5, 0.6) is 0 Å². The molecule has 2 aromatic rings. The molecule has 3 heterocycles. The predicted molar refractivity (Wildman–Crippen MR) is 87.3 cm³/mol. The summed E-state index contributed by atoms with van der Waals surface area (Å²) in [6.45, 7) is 4.10. The monoisotopic (exact) mass is 322 g/mol. The van der Waals surface area contributed by atoms with E-state index in [-0.39, 0.29) is 0 Å². The van der Waals surface area contributed by atoms with Crippen LogP contribution in [0, 0.1) is 0 Å². The topological polar surface area (TPSA) is 41.9 Å². The molecule has 1 aliphatic rings. The Morgan fingerprint density at radius 3 is 2.57 bits per heavy atom. The second kappa shape index (κ2) is 6.71. The fraction of sp³-hybridized carbons (Fsp3) is 0.533. The number of rotatable bonds is 4. The summed E-state index contributed by atoms with van der Waals surface area (Å²) in [5.41, 5.74) is 2.18. The largest absolute Gasteiger partial charge is 0.341 e. The van der Waals surface area contributed by atoms with Gasteiger partial charge in [0, 0.05) is 36.8 Å². The molecule has 0 aromatic carbocycles. The minimum absolute atomic E-state index is 0.507. The third-order valence-corrected chi connectivity index (χ3v) is 5.26. The molecule has 112 valence electrons. The number of thiazole rings is 1. The smallest absolute Gasteiger partial charge is 0.225 e. The van der Waals surface area contributed by atoms with Crippen molar-refractivity contribution >= 4 is 28.9 Å². The Hall–Kier alpha value is -1.20. The summed E-state index contributed by atoms with van der Waals surface area (Å²) < 4.78 is 0. The third-order valence-electron chi connectivity index (χ3n) is 3.93. The molecule has 1 saturated heterocycles. The summed E-state index contributed by atoms with van der Waals surface area (Å²) in [6.07, 6.45) is 7.06. The van der Waals surface area contributed by atoms with E-state index < -0.39 is 0 Å². The molecular formula is C15H19ClN4S. The van der Waals surface area contributed by atoms with Crippen molar-refractivity contribution in [2.75, 3.05) is 18.0 Å². The van der Waals surface area contributed by atoms with Crippen molar-refractivity contribution in [3.63, 3.8) is 0 Å². The molecule has 0 N–H and O–H groups in total. The lowest BCUT2D eigenvalue weighted by Gasteiger charge is -2.31. The summed E-state index contributed by atoms with van der Waals surface area (Å²) in [7, 11) is 0. The average molecular weight is 323 g/mol. The van der Waals surface area contributed by atoms with Crippen LogP contribution in [0.4, 0.5) is 5.95 Å². The normalized spacial score (nSPS) is 16.4. The second-order valence-electron chi connectivity index (χ2n) is 5.32. The van der Waals surface area contributed by atoms with Gasteiger partial charge in [-0.25, -0.2) is 15.0 Å². The molecule has 0 amide bonds. The number of anilines is 1. The minimum atomic E-state index is 0.507. The highest BCUT2D eigenvalue weighted by molar-refractivity contribution is 7.09. The number of piperidine rings is 1. The SMILES string of the molecule is CCc1cnc(N2CCC(c3nc(CCl)cs3)CC2)nc1. The molecule has 1 fully saturated rings. The van der Waals surface area contributed by atoms with E-state index in [0.29, 0.717) is 11.8 Å². The Kier molecular flexibility index (Phi) is 4.70. The van der Waals surface area contributed by atoms with Crippen LogP contribution >= 0.6 is 22.9 Å². The average Bonchev–Trinajstić information content (AvgIpc) is 3.04. The van der Waals surface area contributed by atoms with Crippen LogP contribution in [-0.2, 0) is 12.3 Å². The van der Waals surface area contributed by atoms with Gasteiger partial charge in [0.15, 0.2) is 0 Å². The number of aromatic nitrogens is 3. The van der Waals surface area contributed by atoms with Gasteiger partial charge in [0.25, 0.3) is 0 Å². The molecule has 0 atom stereocenters. The maximum absolute atomic E-state index is 5.83. The molecule has 6 heteroatoms. The molecule has 0 unspecified atom stereocenters. The first-order valence-corrected chi connectivity index (χ1v) is 8.77. The molecule has 0 saturated carbocycles. The molecule has 0 aliphatic carbocycles. The Labute approximate surface area is 134 Å². The highest BCUT2D eigenvalue weighted by atomic mass is 35.5. The Balaban J connectivity index is 1.61. The van der Waals surface area contributed by atoms with Crippen molar-refractivity contribution in [1.82, 2.24) is 15.0 Å². The van der Waals surface area contributed by atoms with Gasteiger partial charge in [0.05, 0.1) is 16.6 Å². The summed E-state index contributed by atoms with van der Waals surface area (Å²) in [4.78, 5) is 15.8. The summed E-state index contributed by atoms with van der Waals surface area (Å²) in [5, 5.41) is 3.30. The maximum atomic E-state index is 5.83. The first-order chi connectivity index (χ1) is 10.3. The van der Waals surface area contributed by atoms with Crippen molar-refractivity contribution < 1.29 is 0 Å². The lowest BCUT2D eigenvalue weighted by molar-refractivity contribution is 0.497. The highest BCUT2D eigenvalue weighted by Gasteiger charge is 2.24. The zero-order valence-corrected chi connectivity index (χ0v) is 13.7. The zero-order valence-electron chi connectivity index (χ0n) is 12.1. The van der Waals surface area contributed by atoms with Crippen LogP contribution in [0.2, 0.25) is 0 Å². The van der Waals surface area contributed by atoms with Crippen LogP contribution in [0.25, 0.3) is 0 Å². The van der Waals surface area contributed by atoms with Crippen LogP contribution in [-0.4, -0.2) is 28.0 Å². The second-order valence-corrected chi connectivity index (χ2v) is 6.47. The number of halogens is 1. The van der Waals surface area contributed by atoms with E-state index in [2.05, 4.69) is 32.2 Å². The number of nitrogens with zero attached hydrogens (tertiary/aromatic N) is 4. The fourth-order valence-electron chi connectivity index (χ4n) is 2.59. The Morgan fingerprint density at radius 1 is 1.29 bits per heavy atom.